The van der Waals surface area contributed by atoms with E-state index in [2.05, 4.69) is 20.3 Å². The van der Waals surface area contributed by atoms with E-state index in [-0.39, 0.29) is 35.7 Å². The number of aromatic nitrogens is 3. The summed E-state index contributed by atoms with van der Waals surface area (Å²) in [5.41, 5.74) is -0.310. The molecule has 1 aliphatic rings. The van der Waals surface area contributed by atoms with E-state index >= 15 is 4.39 Å². The molecule has 1 aliphatic heterocycles. The molecule has 1 saturated heterocycles. The Labute approximate surface area is 244 Å². The molecule has 2 aromatic carbocycles. The van der Waals surface area contributed by atoms with Gasteiger partial charge in [0.1, 0.15) is 5.69 Å². The summed E-state index contributed by atoms with van der Waals surface area (Å²) in [7, 11) is -4.29. The van der Waals surface area contributed by atoms with Crippen LogP contribution in [0.15, 0.2) is 67.0 Å². The van der Waals surface area contributed by atoms with Gasteiger partial charge in [-0.05, 0) is 36.6 Å². The van der Waals surface area contributed by atoms with E-state index in [0.29, 0.717) is 31.0 Å². The third kappa shape index (κ3) is 7.12. The van der Waals surface area contributed by atoms with Crippen molar-refractivity contribution in [3.63, 3.8) is 0 Å². The number of amides is 1. The summed E-state index contributed by atoms with van der Waals surface area (Å²) in [6.07, 6.45) is 3.11. The minimum atomic E-state index is -4.29. The molecule has 5 rings (SSSR count). The van der Waals surface area contributed by atoms with Crippen molar-refractivity contribution in [2.75, 3.05) is 23.1 Å². The van der Waals surface area contributed by atoms with Crippen LogP contribution in [0.2, 0.25) is 0 Å². The summed E-state index contributed by atoms with van der Waals surface area (Å²) in [6, 6.07) is 12.8. The van der Waals surface area contributed by atoms with Gasteiger partial charge in [-0.25, -0.2) is 36.9 Å². The van der Waals surface area contributed by atoms with Crippen LogP contribution >= 0.6 is 0 Å². The predicted octanol–water partition coefficient (Wildman–Crippen LogP) is 5.24. The normalized spacial score (nSPS) is 15.1. The number of hydrogen-bond acceptors (Lipinski definition) is 8. The maximum absolute atomic E-state index is 15.1. The first-order valence-electron chi connectivity index (χ1n) is 13.0. The number of carboxylic acid groups (broad SMARTS) is 1. The molecule has 1 unspecified atom stereocenters. The molecule has 0 saturated carbocycles. The number of nitrogens with zero attached hydrogens (tertiary/aromatic N) is 4. The Morgan fingerprint density at radius 1 is 1.05 bits per heavy atom. The highest BCUT2D eigenvalue weighted by atomic mass is 32.2. The Hall–Kier alpha value is -4.92. The van der Waals surface area contributed by atoms with Crippen molar-refractivity contribution in [3.05, 3.63) is 90.0 Å². The molecule has 1 atom stereocenters. The Bertz CT molecular complexity index is 1750. The van der Waals surface area contributed by atoms with Gasteiger partial charge in [-0.1, -0.05) is 30.3 Å². The van der Waals surface area contributed by atoms with Gasteiger partial charge in [0.25, 0.3) is 0 Å². The second-order valence-electron chi connectivity index (χ2n) is 9.64. The van der Waals surface area contributed by atoms with E-state index < -0.39 is 50.8 Å². The number of piperidine rings is 1. The number of pyridine rings is 1. The molecule has 43 heavy (non-hydrogen) atoms. The highest BCUT2D eigenvalue weighted by Gasteiger charge is 2.26. The van der Waals surface area contributed by atoms with Crippen LogP contribution in [-0.2, 0) is 15.8 Å². The van der Waals surface area contributed by atoms with Crippen molar-refractivity contribution < 1.29 is 36.2 Å². The second-order valence-corrected chi connectivity index (χ2v) is 11.4. The smallest absolute Gasteiger partial charge is 0.407 e. The largest absolute Gasteiger partial charge is 0.465 e. The lowest BCUT2D eigenvalue weighted by molar-refractivity contribution is 0.132. The standard InChI is InChI=1S/C28H25F3N6O5S/c29-20-14-22(23(30)24(31)25(20)36-43(40,41)16-17-6-2-1-3-7-17)42-26-19(9-4-11-32-26)21-10-12-33-27(35-21)34-18-8-5-13-37(15-18)28(38)39/h1-4,6-7,9-12,14,18,36H,5,8,13,15-16H2,(H,38,39)(H,33,34,35). The lowest BCUT2D eigenvalue weighted by atomic mass is 10.1. The lowest BCUT2D eigenvalue weighted by Gasteiger charge is -2.31. The minimum Gasteiger partial charge on any atom is -0.465 e. The fourth-order valence-electron chi connectivity index (χ4n) is 4.53. The molecule has 0 bridgehead atoms. The van der Waals surface area contributed by atoms with E-state index in [1.165, 1.54) is 41.6 Å². The molecule has 2 aromatic heterocycles. The monoisotopic (exact) mass is 614 g/mol. The molecule has 224 valence electrons. The third-order valence-electron chi connectivity index (χ3n) is 6.52. The van der Waals surface area contributed by atoms with Crippen LogP contribution in [0, 0.1) is 17.5 Å². The van der Waals surface area contributed by atoms with Gasteiger partial charge in [0, 0.05) is 37.6 Å². The van der Waals surface area contributed by atoms with Crippen molar-refractivity contribution in [2.24, 2.45) is 0 Å². The van der Waals surface area contributed by atoms with Gasteiger partial charge in [-0.15, -0.1) is 0 Å². The summed E-state index contributed by atoms with van der Waals surface area (Å²) < 4.78 is 77.2. The molecular weight excluding hydrogens is 589 g/mol. The van der Waals surface area contributed by atoms with Crippen LogP contribution in [-0.4, -0.2) is 58.6 Å². The minimum absolute atomic E-state index is 0.194. The second kappa shape index (κ2) is 12.5. The maximum atomic E-state index is 15.1. The summed E-state index contributed by atoms with van der Waals surface area (Å²) in [5, 5.41) is 12.4. The molecule has 15 heteroatoms. The number of halogens is 3. The highest BCUT2D eigenvalue weighted by Crippen LogP contribution is 2.36. The number of likely N-dealkylation sites (tertiary alicyclic amines) is 1. The molecule has 0 spiro atoms. The average molecular weight is 615 g/mol. The maximum Gasteiger partial charge on any atom is 0.407 e. The van der Waals surface area contributed by atoms with E-state index in [4.69, 9.17) is 4.74 Å². The molecule has 0 aliphatic carbocycles. The number of benzene rings is 2. The van der Waals surface area contributed by atoms with Gasteiger partial charge < -0.3 is 20.1 Å². The number of nitrogens with one attached hydrogen (secondary N) is 2. The van der Waals surface area contributed by atoms with Crippen molar-refractivity contribution >= 4 is 27.8 Å². The first kappa shape index (κ1) is 29.6. The predicted molar refractivity (Wildman–Crippen MR) is 151 cm³/mol. The molecule has 3 heterocycles. The van der Waals surface area contributed by atoms with Crippen LogP contribution in [0.25, 0.3) is 11.3 Å². The van der Waals surface area contributed by atoms with E-state index in [0.717, 1.165) is 0 Å². The van der Waals surface area contributed by atoms with Gasteiger partial charge in [-0.2, -0.15) is 4.39 Å². The van der Waals surface area contributed by atoms with Crippen LogP contribution in [0.1, 0.15) is 18.4 Å². The van der Waals surface area contributed by atoms with E-state index in [1.54, 1.807) is 29.0 Å². The Balaban J connectivity index is 1.36. The summed E-state index contributed by atoms with van der Waals surface area (Å²) in [5.74, 6) is -6.33. The van der Waals surface area contributed by atoms with Gasteiger partial charge in [0.15, 0.2) is 17.4 Å². The molecule has 3 N–H and O–H groups in total. The molecular formula is C28H25F3N6O5S. The number of hydrogen-bond donors (Lipinski definition) is 3. The Kier molecular flexibility index (Phi) is 8.61. The number of anilines is 2. The van der Waals surface area contributed by atoms with Gasteiger partial charge in [0.2, 0.25) is 27.7 Å². The average Bonchev–Trinajstić information content (AvgIpc) is 2.99. The zero-order chi connectivity index (χ0) is 30.6. The first-order chi connectivity index (χ1) is 20.6. The molecule has 1 amide bonds. The van der Waals surface area contributed by atoms with Crippen molar-refractivity contribution in [3.8, 4) is 22.9 Å². The van der Waals surface area contributed by atoms with Crippen LogP contribution in [0.3, 0.4) is 0 Å². The number of carbonyl (C=O) groups is 1. The van der Waals surface area contributed by atoms with Crippen molar-refractivity contribution in [1.82, 2.24) is 19.9 Å². The third-order valence-corrected chi connectivity index (χ3v) is 7.75. The van der Waals surface area contributed by atoms with Crippen molar-refractivity contribution in [2.45, 2.75) is 24.6 Å². The fraction of sp³-hybridized carbons (Fsp3) is 0.214. The molecule has 0 radical (unpaired) electrons. The van der Waals surface area contributed by atoms with Crippen LogP contribution < -0.4 is 14.8 Å². The number of ether oxygens (including phenoxy) is 1. The lowest BCUT2D eigenvalue weighted by Crippen LogP contribution is -2.44. The highest BCUT2D eigenvalue weighted by molar-refractivity contribution is 7.91. The first-order valence-corrected chi connectivity index (χ1v) is 14.7. The van der Waals surface area contributed by atoms with Gasteiger partial charge in [0.05, 0.1) is 17.0 Å². The summed E-state index contributed by atoms with van der Waals surface area (Å²) in [4.78, 5) is 25.3. The van der Waals surface area contributed by atoms with Gasteiger partial charge >= 0.3 is 6.09 Å². The van der Waals surface area contributed by atoms with E-state index in [9.17, 15) is 27.1 Å². The molecule has 1 fully saturated rings. The Morgan fingerprint density at radius 2 is 1.84 bits per heavy atom. The summed E-state index contributed by atoms with van der Waals surface area (Å²) >= 11 is 0. The van der Waals surface area contributed by atoms with Gasteiger partial charge in [-0.3, -0.25) is 4.72 Å². The Morgan fingerprint density at radius 3 is 2.60 bits per heavy atom. The van der Waals surface area contributed by atoms with Crippen LogP contribution in [0.4, 0.5) is 29.6 Å². The summed E-state index contributed by atoms with van der Waals surface area (Å²) in [6.45, 7) is 0.683. The van der Waals surface area contributed by atoms with Crippen LogP contribution in [0.5, 0.6) is 11.6 Å². The zero-order valence-electron chi connectivity index (χ0n) is 22.4. The molecule has 4 aromatic rings. The number of sulfonamides is 1. The van der Waals surface area contributed by atoms with E-state index in [1.807, 2.05) is 0 Å². The number of rotatable bonds is 9. The molecule has 11 nitrogen and oxygen atoms in total. The quantitative estimate of drug-likeness (QED) is 0.215. The van der Waals surface area contributed by atoms with Crippen molar-refractivity contribution in [1.29, 1.82) is 0 Å². The topological polar surface area (TPSA) is 147 Å². The SMILES string of the molecule is O=C(O)N1CCCC(Nc2nccc(-c3cccnc3Oc3cc(F)c(NS(=O)(=O)Cc4ccccc4)c(F)c3F)n2)C1. The zero-order valence-corrected chi connectivity index (χ0v) is 23.2. The fourth-order valence-corrected chi connectivity index (χ4v) is 5.73.